The van der Waals surface area contributed by atoms with E-state index in [2.05, 4.69) is 47.0 Å². The van der Waals surface area contributed by atoms with Gasteiger partial charge in [0.15, 0.2) is 0 Å². The molecular formula is C31H28ClN3O. The zero-order chi connectivity index (χ0) is 25.1. The summed E-state index contributed by atoms with van der Waals surface area (Å²) in [4.78, 5) is 15.8. The van der Waals surface area contributed by atoms with Gasteiger partial charge in [0.2, 0.25) is 5.91 Å². The van der Waals surface area contributed by atoms with Crippen molar-refractivity contribution in [3.8, 4) is 0 Å². The number of carbonyl (C=O) groups is 1. The Morgan fingerprint density at radius 2 is 1.31 bits per heavy atom. The van der Waals surface area contributed by atoms with Gasteiger partial charge in [-0.05, 0) is 41.0 Å². The molecule has 0 bridgehead atoms. The maximum Gasteiger partial charge on any atom is 0.237 e. The van der Waals surface area contributed by atoms with Crippen molar-refractivity contribution in [2.75, 3.05) is 6.54 Å². The summed E-state index contributed by atoms with van der Waals surface area (Å²) in [6.45, 7) is 0.252. The van der Waals surface area contributed by atoms with Crippen molar-refractivity contribution in [2.45, 2.75) is 12.1 Å². The summed E-state index contributed by atoms with van der Waals surface area (Å²) in [5, 5.41) is 1.71. The predicted octanol–water partition coefficient (Wildman–Crippen LogP) is 6.11. The number of aryl methyl sites for hydroxylation is 1. The zero-order valence-electron chi connectivity index (χ0n) is 20.1. The third-order valence-electron chi connectivity index (χ3n) is 6.88. The molecule has 0 aliphatic rings. The molecule has 0 radical (unpaired) electrons. The fourth-order valence-corrected chi connectivity index (χ4v) is 5.38. The third kappa shape index (κ3) is 4.09. The van der Waals surface area contributed by atoms with Gasteiger partial charge in [0.25, 0.3) is 0 Å². The van der Waals surface area contributed by atoms with E-state index >= 15 is 0 Å². The van der Waals surface area contributed by atoms with Crippen LogP contribution in [0.2, 0.25) is 5.02 Å². The second-order valence-corrected chi connectivity index (χ2v) is 9.33. The smallest absolute Gasteiger partial charge is 0.237 e. The molecule has 0 saturated heterocycles. The lowest BCUT2D eigenvalue weighted by Gasteiger charge is -2.45. The van der Waals surface area contributed by atoms with Crippen LogP contribution in [0, 0.1) is 0 Å². The van der Waals surface area contributed by atoms with Gasteiger partial charge in [-0.25, -0.2) is 0 Å². The highest BCUT2D eigenvalue weighted by Gasteiger charge is 2.44. The number of nitrogens with two attached hydrogens (primary N) is 1. The average Bonchev–Trinajstić information content (AvgIpc) is 3.23. The van der Waals surface area contributed by atoms with Gasteiger partial charge in [-0.1, -0.05) is 103 Å². The van der Waals surface area contributed by atoms with Crippen molar-refractivity contribution in [1.29, 1.82) is 0 Å². The summed E-state index contributed by atoms with van der Waals surface area (Å²) < 4.78 is 2.12. The summed E-state index contributed by atoms with van der Waals surface area (Å²) in [6.07, 6.45) is 0. The maximum absolute atomic E-state index is 13.8. The fourth-order valence-electron chi connectivity index (χ4n) is 5.20. The first-order valence-electron chi connectivity index (χ1n) is 12.0. The minimum Gasteiger partial charge on any atom is -0.346 e. The van der Waals surface area contributed by atoms with E-state index in [1.165, 1.54) is 0 Å². The van der Waals surface area contributed by atoms with Crippen LogP contribution < -0.4 is 5.73 Å². The van der Waals surface area contributed by atoms with Gasteiger partial charge < -0.3 is 15.2 Å². The molecule has 5 heteroatoms. The summed E-state index contributed by atoms with van der Waals surface area (Å²) >= 11 is 6.28. The van der Waals surface area contributed by atoms with E-state index < -0.39 is 5.54 Å². The molecule has 0 aliphatic carbocycles. The highest BCUT2D eigenvalue weighted by atomic mass is 35.5. The topological polar surface area (TPSA) is 51.3 Å². The van der Waals surface area contributed by atoms with Crippen molar-refractivity contribution in [1.82, 2.24) is 9.47 Å². The molecule has 1 aromatic heterocycles. The molecule has 1 heterocycles. The predicted molar refractivity (Wildman–Crippen MR) is 147 cm³/mol. The van der Waals surface area contributed by atoms with Crippen molar-refractivity contribution >= 4 is 28.4 Å². The van der Waals surface area contributed by atoms with Crippen LogP contribution in [0.3, 0.4) is 0 Å². The fraction of sp³-hybridized carbons (Fsp3) is 0.129. The lowest BCUT2D eigenvalue weighted by Crippen LogP contribution is -2.52. The van der Waals surface area contributed by atoms with Crippen LogP contribution in [-0.2, 0) is 23.9 Å². The molecule has 5 rings (SSSR count). The molecule has 36 heavy (non-hydrogen) atoms. The molecule has 0 atom stereocenters. The Hall–Kier alpha value is -3.86. The number of rotatable bonds is 7. The first-order valence-corrected chi connectivity index (χ1v) is 12.3. The molecule has 5 aromatic rings. The Labute approximate surface area is 216 Å². The van der Waals surface area contributed by atoms with Crippen LogP contribution in [0.25, 0.3) is 10.9 Å². The third-order valence-corrected chi connectivity index (χ3v) is 7.11. The minimum atomic E-state index is -0.895. The SMILES string of the molecule is Cn1c(CN(C(=O)CN)C(c2ccccc2)(c2ccccc2)c2ccccc2)cc2cc(Cl)ccc21. The minimum absolute atomic E-state index is 0.107. The number of fused-ring (bicyclic) bond motifs is 1. The van der Waals surface area contributed by atoms with Gasteiger partial charge in [0.1, 0.15) is 5.54 Å². The van der Waals surface area contributed by atoms with Gasteiger partial charge in [0.05, 0.1) is 13.1 Å². The molecule has 0 spiro atoms. The molecule has 0 unspecified atom stereocenters. The van der Waals surface area contributed by atoms with Gasteiger partial charge in [-0.2, -0.15) is 0 Å². The Balaban J connectivity index is 1.81. The molecule has 0 fully saturated rings. The lowest BCUT2D eigenvalue weighted by atomic mass is 9.75. The zero-order valence-corrected chi connectivity index (χ0v) is 20.9. The van der Waals surface area contributed by atoms with Crippen LogP contribution in [0.5, 0.6) is 0 Å². The van der Waals surface area contributed by atoms with Crippen LogP contribution in [0.15, 0.2) is 115 Å². The Morgan fingerprint density at radius 1 is 0.806 bits per heavy atom. The standard InChI is InChI=1S/C31H28ClN3O/c1-34-28(20-23-19-27(32)17-18-29(23)34)22-35(30(36)21-33)31(24-11-5-2-6-12-24,25-13-7-3-8-14-25)26-15-9-4-10-16-26/h2-20H,21-22,33H2,1H3. The molecule has 4 nitrogen and oxygen atoms in total. The second-order valence-electron chi connectivity index (χ2n) is 8.89. The molecule has 180 valence electrons. The number of aromatic nitrogens is 1. The monoisotopic (exact) mass is 493 g/mol. The molecule has 1 amide bonds. The average molecular weight is 494 g/mol. The van der Waals surface area contributed by atoms with Gasteiger partial charge >= 0.3 is 0 Å². The van der Waals surface area contributed by atoms with Crippen LogP contribution in [0.1, 0.15) is 22.4 Å². The summed E-state index contributed by atoms with van der Waals surface area (Å²) in [6, 6.07) is 38.5. The van der Waals surface area contributed by atoms with E-state index in [0.29, 0.717) is 11.6 Å². The van der Waals surface area contributed by atoms with Gasteiger partial charge in [-0.3, -0.25) is 4.79 Å². The van der Waals surface area contributed by atoms with E-state index in [1.807, 2.05) is 84.7 Å². The second kappa shape index (κ2) is 10.0. The largest absolute Gasteiger partial charge is 0.346 e. The van der Waals surface area contributed by atoms with Crippen LogP contribution in [-0.4, -0.2) is 21.9 Å². The van der Waals surface area contributed by atoms with E-state index in [4.69, 9.17) is 17.3 Å². The first kappa shape index (κ1) is 23.9. The molecule has 4 aromatic carbocycles. The van der Waals surface area contributed by atoms with Crippen molar-refractivity contribution in [2.24, 2.45) is 12.8 Å². The van der Waals surface area contributed by atoms with E-state index in [1.54, 1.807) is 0 Å². The number of halogens is 1. The van der Waals surface area contributed by atoms with E-state index in [0.717, 1.165) is 33.3 Å². The number of hydrogen-bond donors (Lipinski definition) is 1. The number of benzene rings is 4. The van der Waals surface area contributed by atoms with E-state index in [9.17, 15) is 4.79 Å². The van der Waals surface area contributed by atoms with E-state index in [-0.39, 0.29) is 12.5 Å². The summed E-state index contributed by atoms with van der Waals surface area (Å²) in [5.41, 5.74) is 10.2. The van der Waals surface area contributed by atoms with Crippen LogP contribution >= 0.6 is 11.6 Å². The Morgan fingerprint density at radius 3 is 1.78 bits per heavy atom. The summed E-state index contributed by atoms with van der Waals surface area (Å²) in [7, 11) is 2.02. The van der Waals surface area contributed by atoms with Crippen molar-refractivity contribution in [3.05, 3.63) is 143 Å². The Kier molecular flexibility index (Phi) is 6.64. The van der Waals surface area contributed by atoms with Crippen molar-refractivity contribution in [3.63, 3.8) is 0 Å². The molecule has 0 aliphatic heterocycles. The maximum atomic E-state index is 13.8. The van der Waals surface area contributed by atoms with Crippen LogP contribution in [0.4, 0.5) is 0 Å². The number of nitrogens with zero attached hydrogens (tertiary/aromatic N) is 2. The normalized spacial score (nSPS) is 11.5. The highest BCUT2D eigenvalue weighted by molar-refractivity contribution is 6.31. The number of hydrogen-bond acceptors (Lipinski definition) is 2. The van der Waals surface area contributed by atoms with Gasteiger partial charge in [0, 0.05) is 28.7 Å². The molecule has 0 saturated carbocycles. The lowest BCUT2D eigenvalue weighted by molar-refractivity contribution is -0.134. The Bertz CT molecular complexity index is 1380. The highest BCUT2D eigenvalue weighted by Crippen LogP contribution is 2.43. The number of carbonyl (C=O) groups excluding carboxylic acids is 1. The first-order chi connectivity index (χ1) is 17.6. The molecule has 2 N–H and O–H groups in total. The van der Waals surface area contributed by atoms with Gasteiger partial charge in [-0.15, -0.1) is 0 Å². The number of amides is 1. The molecular weight excluding hydrogens is 466 g/mol. The quantitative estimate of drug-likeness (QED) is 0.278. The van der Waals surface area contributed by atoms with Crippen molar-refractivity contribution < 1.29 is 4.79 Å². The summed E-state index contributed by atoms with van der Waals surface area (Å²) in [5.74, 6) is -0.144.